The molecule has 130 valence electrons. The van der Waals surface area contributed by atoms with Crippen LogP contribution in [0, 0.1) is 0 Å². The summed E-state index contributed by atoms with van der Waals surface area (Å²) in [6.07, 6.45) is 3.48. The molecule has 2 aromatic rings. The zero-order valence-corrected chi connectivity index (χ0v) is 14.1. The summed E-state index contributed by atoms with van der Waals surface area (Å²) >= 11 is 0. The first kappa shape index (κ1) is 16.8. The van der Waals surface area contributed by atoms with Gasteiger partial charge in [-0.2, -0.15) is 5.10 Å². The maximum absolute atomic E-state index is 12.2. The molecule has 0 bridgehead atoms. The molecule has 6 nitrogen and oxygen atoms in total. The zero-order valence-electron chi connectivity index (χ0n) is 14.1. The van der Waals surface area contributed by atoms with Gasteiger partial charge in [0, 0.05) is 17.8 Å². The Morgan fingerprint density at radius 2 is 2.16 bits per heavy atom. The number of nitrogens with zero attached hydrogens (tertiary/aromatic N) is 2. The second-order valence-corrected chi connectivity index (χ2v) is 5.85. The van der Waals surface area contributed by atoms with E-state index in [0.29, 0.717) is 11.3 Å². The summed E-state index contributed by atoms with van der Waals surface area (Å²) in [7, 11) is 1.48. The predicted octanol–water partition coefficient (Wildman–Crippen LogP) is 2.30. The summed E-state index contributed by atoms with van der Waals surface area (Å²) < 4.78 is 5.04. The highest BCUT2D eigenvalue weighted by atomic mass is 16.5. The molecule has 0 radical (unpaired) electrons. The van der Waals surface area contributed by atoms with E-state index in [1.54, 1.807) is 18.2 Å². The number of aromatic hydroxyl groups is 1. The van der Waals surface area contributed by atoms with Crippen molar-refractivity contribution in [3.8, 4) is 11.5 Å². The molecular formula is C19H21N3O3. The van der Waals surface area contributed by atoms with Gasteiger partial charge in [0.05, 0.1) is 19.9 Å². The number of ether oxygens (including phenoxy) is 1. The van der Waals surface area contributed by atoms with Gasteiger partial charge in [0.2, 0.25) is 0 Å². The fourth-order valence-electron chi connectivity index (χ4n) is 2.97. The molecule has 25 heavy (non-hydrogen) atoms. The van der Waals surface area contributed by atoms with Gasteiger partial charge in [-0.25, -0.2) is 5.43 Å². The molecule has 2 N–H and O–H groups in total. The van der Waals surface area contributed by atoms with Crippen LogP contribution in [0.25, 0.3) is 0 Å². The maximum Gasteiger partial charge on any atom is 0.259 e. The quantitative estimate of drug-likeness (QED) is 0.647. The molecule has 3 rings (SSSR count). The third kappa shape index (κ3) is 3.91. The molecule has 0 aromatic heterocycles. The SMILES string of the molecule is COc1cccc(/C=N/NC(=O)CN2CCCc3ccccc32)c1O. The van der Waals surface area contributed by atoms with Crippen LogP contribution in [0.2, 0.25) is 0 Å². The Labute approximate surface area is 146 Å². The third-order valence-corrected chi connectivity index (χ3v) is 4.18. The van der Waals surface area contributed by atoms with Crippen molar-refractivity contribution in [3.63, 3.8) is 0 Å². The zero-order chi connectivity index (χ0) is 17.6. The number of nitrogens with one attached hydrogen (secondary N) is 1. The van der Waals surface area contributed by atoms with Crippen molar-refractivity contribution in [3.05, 3.63) is 53.6 Å². The number of phenols is 1. The second kappa shape index (κ2) is 7.70. The Morgan fingerprint density at radius 3 is 3.00 bits per heavy atom. The highest BCUT2D eigenvalue weighted by Crippen LogP contribution is 2.28. The van der Waals surface area contributed by atoms with E-state index in [9.17, 15) is 9.90 Å². The van der Waals surface area contributed by atoms with Crippen LogP contribution in [0.15, 0.2) is 47.6 Å². The number of benzene rings is 2. The number of phenolic OH excluding ortho intramolecular Hbond substituents is 1. The van der Waals surface area contributed by atoms with Crippen molar-refractivity contribution < 1.29 is 14.6 Å². The Kier molecular flexibility index (Phi) is 5.18. The van der Waals surface area contributed by atoms with Crippen LogP contribution in [0.4, 0.5) is 5.69 Å². The van der Waals surface area contributed by atoms with Crippen molar-refractivity contribution in [1.82, 2.24) is 5.43 Å². The number of hydrogen-bond donors (Lipinski definition) is 2. The monoisotopic (exact) mass is 339 g/mol. The second-order valence-electron chi connectivity index (χ2n) is 5.85. The summed E-state index contributed by atoms with van der Waals surface area (Å²) in [5.41, 5.74) is 5.37. The molecule has 6 heteroatoms. The van der Waals surface area contributed by atoms with Gasteiger partial charge in [0.15, 0.2) is 11.5 Å². The molecule has 0 atom stereocenters. The van der Waals surface area contributed by atoms with Crippen LogP contribution in [-0.4, -0.2) is 37.4 Å². The Morgan fingerprint density at radius 1 is 1.32 bits per heavy atom. The largest absolute Gasteiger partial charge is 0.504 e. The average molecular weight is 339 g/mol. The van der Waals surface area contributed by atoms with Crippen molar-refractivity contribution in [2.45, 2.75) is 12.8 Å². The van der Waals surface area contributed by atoms with Gasteiger partial charge in [-0.15, -0.1) is 0 Å². The van der Waals surface area contributed by atoms with Crippen molar-refractivity contribution >= 4 is 17.8 Å². The lowest BCUT2D eigenvalue weighted by molar-refractivity contribution is -0.119. The van der Waals surface area contributed by atoms with Gasteiger partial charge in [-0.3, -0.25) is 4.79 Å². The summed E-state index contributed by atoms with van der Waals surface area (Å²) in [6.45, 7) is 1.10. The number of hydrazone groups is 1. The van der Waals surface area contributed by atoms with Crippen LogP contribution >= 0.6 is 0 Å². The Bertz CT molecular complexity index is 789. The van der Waals surface area contributed by atoms with E-state index in [0.717, 1.165) is 25.1 Å². The normalized spacial score (nSPS) is 13.6. The van der Waals surface area contributed by atoms with Crippen molar-refractivity contribution in [2.24, 2.45) is 5.10 Å². The van der Waals surface area contributed by atoms with Gasteiger partial charge >= 0.3 is 0 Å². The molecule has 0 spiro atoms. The van der Waals surface area contributed by atoms with Gasteiger partial charge < -0.3 is 14.7 Å². The number of carbonyl (C=O) groups excluding carboxylic acids is 1. The minimum Gasteiger partial charge on any atom is -0.504 e. The first-order valence-electron chi connectivity index (χ1n) is 8.20. The smallest absolute Gasteiger partial charge is 0.259 e. The lowest BCUT2D eigenvalue weighted by Crippen LogP contribution is -2.38. The Hall–Kier alpha value is -3.02. The Balaban J connectivity index is 1.61. The predicted molar refractivity (Wildman–Crippen MR) is 97.4 cm³/mol. The average Bonchev–Trinajstić information content (AvgIpc) is 2.63. The first-order valence-corrected chi connectivity index (χ1v) is 8.20. The number of aryl methyl sites for hydroxylation is 1. The topological polar surface area (TPSA) is 74.2 Å². The molecule has 0 unspecified atom stereocenters. The molecule has 2 aromatic carbocycles. The molecule has 0 fully saturated rings. The third-order valence-electron chi connectivity index (χ3n) is 4.18. The van der Waals surface area contributed by atoms with Crippen LogP contribution < -0.4 is 15.1 Å². The van der Waals surface area contributed by atoms with Crippen LogP contribution in [0.3, 0.4) is 0 Å². The van der Waals surface area contributed by atoms with Crippen LogP contribution in [0.1, 0.15) is 17.5 Å². The van der Waals surface area contributed by atoms with Gasteiger partial charge in [0.25, 0.3) is 5.91 Å². The fraction of sp³-hybridized carbons (Fsp3) is 0.263. The van der Waals surface area contributed by atoms with Crippen molar-refractivity contribution in [2.75, 3.05) is 25.1 Å². The molecule has 0 aliphatic carbocycles. The van der Waals surface area contributed by atoms with E-state index >= 15 is 0 Å². The molecule has 1 heterocycles. The number of carbonyl (C=O) groups is 1. The maximum atomic E-state index is 12.2. The minimum absolute atomic E-state index is 0.00652. The number of rotatable bonds is 5. The number of hydrogen-bond acceptors (Lipinski definition) is 5. The lowest BCUT2D eigenvalue weighted by atomic mass is 10.0. The van der Waals surface area contributed by atoms with Crippen molar-refractivity contribution in [1.29, 1.82) is 0 Å². The molecule has 0 saturated heterocycles. The summed E-state index contributed by atoms with van der Waals surface area (Å²) in [5, 5.41) is 13.9. The summed E-state index contributed by atoms with van der Waals surface area (Å²) in [6, 6.07) is 13.2. The van der Waals surface area contributed by atoms with E-state index < -0.39 is 0 Å². The van der Waals surface area contributed by atoms with E-state index in [4.69, 9.17) is 4.74 Å². The molecule has 1 amide bonds. The summed E-state index contributed by atoms with van der Waals surface area (Å²) in [5.74, 6) is 0.156. The number of amides is 1. The highest BCUT2D eigenvalue weighted by Gasteiger charge is 2.18. The van der Waals surface area contributed by atoms with Gasteiger partial charge in [0.1, 0.15) is 0 Å². The highest BCUT2D eigenvalue weighted by molar-refractivity contribution is 5.87. The van der Waals surface area contributed by atoms with Gasteiger partial charge in [-0.05, 0) is 36.6 Å². The summed E-state index contributed by atoms with van der Waals surface area (Å²) in [4.78, 5) is 14.2. The number of para-hydroxylation sites is 2. The minimum atomic E-state index is -0.199. The van der Waals surface area contributed by atoms with Crippen LogP contribution in [0.5, 0.6) is 11.5 Å². The van der Waals surface area contributed by atoms with E-state index in [2.05, 4.69) is 21.5 Å². The molecule has 1 aliphatic heterocycles. The van der Waals surface area contributed by atoms with Gasteiger partial charge in [-0.1, -0.05) is 24.3 Å². The van der Waals surface area contributed by atoms with E-state index in [-0.39, 0.29) is 18.2 Å². The van der Waals surface area contributed by atoms with Crippen LogP contribution in [-0.2, 0) is 11.2 Å². The lowest BCUT2D eigenvalue weighted by Gasteiger charge is -2.30. The van der Waals surface area contributed by atoms with E-state index in [1.165, 1.54) is 18.9 Å². The number of fused-ring (bicyclic) bond motifs is 1. The molecule has 0 saturated carbocycles. The fourth-order valence-corrected chi connectivity index (χ4v) is 2.97. The first-order chi connectivity index (χ1) is 12.2. The standard InChI is InChI=1S/C19H21N3O3/c1-25-17-10-4-7-15(19(17)24)12-20-21-18(23)13-22-11-5-8-14-6-2-3-9-16(14)22/h2-4,6-7,9-10,12,24H,5,8,11,13H2,1H3,(H,21,23)/b20-12+. The molecular weight excluding hydrogens is 318 g/mol. The number of methoxy groups -OCH3 is 1. The molecule has 1 aliphatic rings. The van der Waals surface area contributed by atoms with E-state index in [1.807, 2.05) is 18.2 Å². The number of anilines is 1.